The lowest BCUT2D eigenvalue weighted by molar-refractivity contribution is -0.113. The number of hydrogen-bond acceptors (Lipinski definition) is 4. The molecule has 2 rings (SSSR count). The Balaban J connectivity index is 1.97. The summed E-state index contributed by atoms with van der Waals surface area (Å²) >= 11 is 0. The second-order valence-electron chi connectivity index (χ2n) is 6.11. The van der Waals surface area contributed by atoms with Gasteiger partial charge in [0.2, 0.25) is 0 Å². The van der Waals surface area contributed by atoms with Gasteiger partial charge in [0.1, 0.15) is 24.8 Å². The van der Waals surface area contributed by atoms with E-state index in [4.69, 9.17) is 14.2 Å². The van der Waals surface area contributed by atoms with Crippen molar-refractivity contribution in [3.8, 4) is 0 Å². The maximum atomic E-state index is 14.1. The first kappa shape index (κ1) is 18.7. The van der Waals surface area contributed by atoms with E-state index >= 15 is 0 Å². The second-order valence-corrected chi connectivity index (χ2v) is 6.11. The fourth-order valence-corrected chi connectivity index (χ4v) is 3.00. The minimum absolute atomic E-state index is 0.0169. The van der Waals surface area contributed by atoms with E-state index in [1.54, 1.807) is 25.1 Å². The maximum Gasteiger partial charge on any atom is 0.407 e. The molecule has 24 heavy (non-hydrogen) atoms. The van der Waals surface area contributed by atoms with Crippen molar-refractivity contribution in [3.05, 3.63) is 35.6 Å². The Morgan fingerprint density at radius 3 is 2.67 bits per heavy atom. The molecule has 0 saturated heterocycles. The fraction of sp³-hybridized carbons (Fsp3) is 0.611. The van der Waals surface area contributed by atoms with Gasteiger partial charge in [0.25, 0.3) is 0 Å². The van der Waals surface area contributed by atoms with E-state index in [1.807, 2.05) is 0 Å². The van der Waals surface area contributed by atoms with Crippen LogP contribution in [0.2, 0.25) is 0 Å². The highest BCUT2D eigenvalue weighted by Gasteiger charge is 2.27. The molecule has 0 heterocycles. The van der Waals surface area contributed by atoms with Crippen molar-refractivity contribution in [3.63, 3.8) is 0 Å². The van der Waals surface area contributed by atoms with Gasteiger partial charge in [0.05, 0.1) is 0 Å². The summed E-state index contributed by atoms with van der Waals surface area (Å²) in [6, 6.07) is 6.46. The molecule has 0 bridgehead atoms. The molecule has 0 aliphatic heterocycles. The van der Waals surface area contributed by atoms with Gasteiger partial charge < -0.3 is 19.5 Å². The second kappa shape index (κ2) is 9.59. The standard InChI is InChI=1S/C18H26FNO4/c1-13(24-18(21)20-14-8-4-3-5-9-14)17(23-12-22-2)15-10-6-7-11-16(15)19/h6-7,10-11,13-14,17H,3-5,8-9,12H2,1-2H3,(H,20,21)/t13-,17+/m0/s1. The smallest absolute Gasteiger partial charge is 0.407 e. The Morgan fingerprint density at radius 2 is 2.00 bits per heavy atom. The number of alkyl carbamates (subject to hydrolysis) is 1. The number of hydrogen-bond donors (Lipinski definition) is 1. The molecule has 2 atom stereocenters. The van der Waals surface area contributed by atoms with Gasteiger partial charge in [-0.3, -0.25) is 0 Å². The third-order valence-electron chi connectivity index (χ3n) is 4.22. The molecule has 1 aliphatic carbocycles. The van der Waals surface area contributed by atoms with Crippen LogP contribution in [-0.2, 0) is 14.2 Å². The normalized spacial score (nSPS) is 18.0. The highest BCUT2D eigenvalue weighted by Crippen LogP contribution is 2.26. The minimum atomic E-state index is -0.733. The average Bonchev–Trinajstić information content (AvgIpc) is 2.57. The third kappa shape index (κ3) is 5.46. The lowest BCUT2D eigenvalue weighted by Gasteiger charge is -2.27. The summed E-state index contributed by atoms with van der Waals surface area (Å²) in [6.07, 6.45) is 3.52. The van der Waals surface area contributed by atoms with Crippen LogP contribution in [0, 0.1) is 5.82 Å². The van der Waals surface area contributed by atoms with Crippen LogP contribution in [-0.4, -0.2) is 32.1 Å². The largest absolute Gasteiger partial charge is 0.443 e. The van der Waals surface area contributed by atoms with Crippen LogP contribution in [0.3, 0.4) is 0 Å². The van der Waals surface area contributed by atoms with E-state index in [0.29, 0.717) is 5.56 Å². The Kier molecular flexibility index (Phi) is 7.46. The summed E-state index contributed by atoms with van der Waals surface area (Å²) in [4.78, 5) is 12.1. The summed E-state index contributed by atoms with van der Waals surface area (Å²) in [7, 11) is 1.49. The van der Waals surface area contributed by atoms with Gasteiger partial charge in [-0.1, -0.05) is 37.5 Å². The first-order chi connectivity index (χ1) is 11.6. The monoisotopic (exact) mass is 339 g/mol. The third-order valence-corrected chi connectivity index (χ3v) is 4.22. The number of ether oxygens (including phenoxy) is 3. The SMILES string of the molecule is COCO[C@@H](c1ccccc1F)[C@H](C)OC(=O)NC1CCCCC1. The summed E-state index contributed by atoms with van der Waals surface area (Å²) in [6.45, 7) is 1.67. The summed E-state index contributed by atoms with van der Waals surface area (Å²) in [5.41, 5.74) is 0.340. The van der Waals surface area contributed by atoms with Gasteiger partial charge in [-0.25, -0.2) is 9.18 Å². The molecule has 6 heteroatoms. The van der Waals surface area contributed by atoms with E-state index in [0.717, 1.165) is 25.7 Å². The zero-order chi connectivity index (χ0) is 17.4. The number of carbonyl (C=O) groups is 1. The first-order valence-electron chi connectivity index (χ1n) is 8.44. The molecule has 1 saturated carbocycles. The molecule has 1 amide bonds. The quantitative estimate of drug-likeness (QED) is 0.765. The maximum absolute atomic E-state index is 14.1. The molecular formula is C18H26FNO4. The number of nitrogens with one attached hydrogen (secondary N) is 1. The van der Waals surface area contributed by atoms with E-state index in [9.17, 15) is 9.18 Å². The number of halogens is 1. The molecule has 1 aromatic carbocycles. The van der Waals surface area contributed by atoms with E-state index in [1.165, 1.54) is 19.6 Å². The fourth-order valence-electron chi connectivity index (χ4n) is 3.00. The van der Waals surface area contributed by atoms with Crippen molar-refractivity contribution >= 4 is 6.09 Å². The van der Waals surface area contributed by atoms with Crippen molar-refractivity contribution in [1.29, 1.82) is 0 Å². The Bertz CT molecular complexity index is 519. The molecule has 1 aromatic rings. The van der Waals surface area contributed by atoms with E-state index < -0.39 is 24.1 Å². The highest BCUT2D eigenvalue weighted by atomic mass is 19.1. The van der Waals surface area contributed by atoms with Gasteiger partial charge in [0.15, 0.2) is 0 Å². The lowest BCUT2D eigenvalue weighted by Crippen LogP contribution is -2.39. The number of carbonyl (C=O) groups excluding carboxylic acids is 1. The summed E-state index contributed by atoms with van der Waals surface area (Å²) in [5, 5.41) is 2.89. The van der Waals surface area contributed by atoms with Crippen LogP contribution < -0.4 is 5.32 Å². The molecule has 1 aliphatic rings. The number of rotatable bonds is 7. The van der Waals surface area contributed by atoms with Crippen LogP contribution in [0.25, 0.3) is 0 Å². The van der Waals surface area contributed by atoms with Crippen LogP contribution in [0.15, 0.2) is 24.3 Å². The molecule has 0 radical (unpaired) electrons. The predicted molar refractivity (Wildman–Crippen MR) is 88.1 cm³/mol. The van der Waals surface area contributed by atoms with Crippen molar-refractivity contribution in [2.24, 2.45) is 0 Å². The zero-order valence-corrected chi connectivity index (χ0v) is 14.3. The molecular weight excluding hydrogens is 313 g/mol. The van der Waals surface area contributed by atoms with Gasteiger partial charge in [0, 0.05) is 18.7 Å². The lowest BCUT2D eigenvalue weighted by atomic mass is 9.96. The molecule has 5 nitrogen and oxygen atoms in total. The zero-order valence-electron chi connectivity index (χ0n) is 14.3. The van der Waals surface area contributed by atoms with Crippen LogP contribution >= 0.6 is 0 Å². The summed E-state index contributed by atoms with van der Waals surface area (Å²) < 4.78 is 29.9. The van der Waals surface area contributed by atoms with Crippen LogP contribution in [0.1, 0.15) is 50.7 Å². The molecule has 0 unspecified atom stereocenters. The van der Waals surface area contributed by atoms with Gasteiger partial charge >= 0.3 is 6.09 Å². The Hall–Kier alpha value is -1.66. The van der Waals surface area contributed by atoms with Crippen molar-refractivity contribution in [2.75, 3.05) is 13.9 Å². The number of methoxy groups -OCH3 is 1. The molecule has 1 N–H and O–H groups in total. The molecule has 134 valence electrons. The summed E-state index contributed by atoms with van der Waals surface area (Å²) in [5.74, 6) is -0.401. The van der Waals surface area contributed by atoms with E-state index in [-0.39, 0.29) is 12.8 Å². The van der Waals surface area contributed by atoms with Crippen molar-refractivity contribution in [2.45, 2.75) is 57.3 Å². The Labute approximate surface area is 142 Å². The van der Waals surface area contributed by atoms with Crippen LogP contribution in [0.4, 0.5) is 9.18 Å². The van der Waals surface area contributed by atoms with Crippen molar-refractivity contribution < 1.29 is 23.4 Å². The molecule has 1 fully saturated rings. The first-order valence-corrected chi connectivity index (χ1v) is 8.44. The van der Waals surface area contributed by atoms with Crippen LogP contribution in [0.5, 0.6) is 0 Å². The minimum Gasteiger partial charge on any atom is -0.443 e. The van der Waals surface area contributed by atoms with Gasteiger partial charge in [-0.05, 0) is 25.8 Å². The van der Waals surface area contributed by atoms with Crippen molar-refractivity contribution in [1.82, 2.24) is 5.32 Å². The highest BCUT2D eigenvalue weighted by molar-refractivity contribution is 5.67. The van der Waals surface area contributed by atoms with Gasteiger partial charge in [-0.15, -0.1) is 0 Å². The molecule has 0 spiro atoms. The Morgan fingerprint density at radius 1 is 1.29 bits per heavy atom. The molecule has 0 aromatic heterocycles. The number of benzene rings is 1. The predicted octanol–water partition coefficient (Wildman–Crippen LogP) is 3.93. The van der Waals surface area contributed by atoms with E-state index in [2.05, 4.69) is 5.32 Å². The average molecular weight is 339 g/mol. The topological polar surface area (TPSA) is 56.8 Å². The number of amides is 1. The van der Waals surface area contributed by atoms with Gasteiger partial charge in [-0.2, -0.15) is 0 Å².